The molecule has 8 heteroatoms. The largest absolute Gasteiger partial charge is 0.431 e. The molecule has 0 aromatic carbocycles. The molecular formula is C27H34Cl2O6. The number of methoxy groups -OCH3 is 1. The standard InChI is InChI=1S/C27H34Cl2O6/c1-23(2)17-7-6-16-15(25(17,13-30)22-19(35-22)21(23)33-4)9-10-24(3)20(14-5-8-18(31)34-11-14)27(28,29)12-26(16,24)32/h5-6,8,11,15,17,19-22,30,32H,7,9-10,12-13H2,1-4H3/t15-,17-,19+,20+,21-,22+,24+,25+,26-/m0/s1. The van der Waals surface area contributed by atoms with E-state index in [2.05, 4.69) is 19.9 Å². The Bertz CT molecular complexity index is 1120. The molecule has 9 atom stereocenters. The van der Waals surface area contributed by atoms with E-state index < -0.39 is 32.3 Å². The van der Waals surface area contributed by atoms with Gasteiger partial charge in [0, 0.05) is 36.3 Å². The number of aliphatic hydroxyl groups excluding tert-OH is 1. The third kappa shape index (κ3) is 2.85. The average molecular weight is 525 g/mol. The van der Waals surface area contributed by atoms with Crippen molar-refractivity contribution >= 4 is 23.2 Å². The molecule has 0 radical (unpaired) electrons. The first-order valence-corrected chi connectivity index (χ1v) is 13.3. The maximum absolute atomic E-state index is 12.5. The lowest BCUT2D eigenvalue weighted by Gasteiger charge is -2.62. The molecule has 1 saturated heterocycles. The van der Waals surface area contributed by atoms with Gasteiger partial charge in [-0.25, -0.2) is 4.79 Å². The van der Waals surface area contributed by atoms with Gasteiger partial charge in [0.2, 0.25) is 0 Å². The number of epoxide rings is 1. The van der Waals surface area contributed by atoms with E-state index in [9.17, 15) is 15.0 Å². The lowest BCUT2D eigenvalue weighted by atomic mass is 9.42. The van der Waals surface area contributed by atoms with E-state index >= 15 is 0 Å². The number of allylic oxidation sites excluding steroid dienone is 1. The molecule has 0 spiro atoms. The van der Waals surface area contributed by atoms with Crippen molar-refractivity contribution in [3.8, 4) is 0 Å². The van der Waals surface area contributed by atoms with Crippen molar-refractivity contribution in [2.75, 3.05) is 13.7 Å². The van der Waals surface area contributed by atoms with Crippen LogP contribution < -0.4 is 5.63 Å². The fourth-order valence-electron chi connectivity index (χ4n) is 9.29. The smallest absolute Gasteiger partial charge is 0.335 e. The second-order valence-corrected chi connectivity index (χ2v) is 13.9. The predicted octanol–water partition coefficient (Wildman–Crippen LogP) is 4.20. The summed E-state index contributed by atoms with van der Waals surface area (Å²) in [5, 5.41) is 23.6. The third-order valence-corrected chi connectivity index (χ3v) is 11.4. The molecule has 2 N–H and O–H groups in total. The predicted molar refractivity (Wildman–Crippen MR) is 132 cm³/mol. The summed E-state index contributed by atoms with van der Waals surface area (Å²) in [6.07, 6.45) is 5.74. The Morgan fingerprint density at radius 1 is 1.23 bits per heavy atom. The number of ether oxygens (including phenoxy) is 2. The number of hydrogen-bond donors (Lipinski definition) is 2. The van der Waals surface area contributed by atoms with E-state index in [1.165, 1.54) is 12.3 Å². The SMILES string of the molecule is CO[C@H]1[C@H]2O[C@H]2[C@]2(CO)[C@H]3CC[C@]4(C)[C@@H](c5ccc(=O)oc5)C(Cl)(Cl)C[C@]4(O)C3=CC[C@H]2C1(C)C. The second-order valence-electron chi connectivity index (χ2n) is 12.3. The van der Waals surface area contributed by atoms with Crippen LogP contribution in [0.2, 0.25) is 0 Å². The van der Waals surface area contributed by atoms with Crippen LogP contribution in [0.4, 0.5) is 0 Å². The molecule has 5 aliphatic rings. The molecule has 1 aromatic heterocycles. The topological polar surface area (TPSA) is 92.4 Å². The molecule has 3 saturated carbocycles. The lowest BCUT2D eigenvalue weighted by molar-refractivity contribution is -0.157. The van der Waals surface area contributed by atoms with Gasteiger partial charge in [0.1, 0.15) is 10.4 Å². The molecule has 6 nitrogen and oxygen atoms in total. The van der Waals surface area contributed by atoms with Crippen LogP contribution in [-0.4, -0.2) is 52.2 Å². The minimum absolute atomic E-state index is 0.00629. The monoisotopic (exact) mass is 524 g/mol. The first-order valence-electron chi connectivity index (χ1n) is 12.6. The van der Waals surface area contributed by atoms with Gasteiger partial charge in [0.05, 0.1) is 30.7 Å². The fourth-order valence-corrected chi connectivity index (χ4v) is 10.4. The molecule has 2 heterocycles. The molecule has 6 rings (SSSR count). The van der Waals surface area contributed by atoms with Gasteiger partial charge in [-0.15, -0.1) is 23.2 Å². The van der Waals surface area contributed by atoms with Crippen molar-refractivity contribution in [2.24, 2.45) is 28.1 Å². The summed E-state index contributed by atoms with van der Waals surface area (Å²) in [5.41, 5.74) is -1.43. The van der Waals surface area contributed by atoms with Crippen molar-refractivity contribution < 1.29 is 24.1 Å². The minimum Gasteiger partial charge on any atom is -0.431 e. The summed E-state index contributed by atoms with van der Waals surface area (Å²) in [6.45, 7) is 6.47. The summed E-state index contributed by atoms with van der Waals surface area (Å²) in [7, 11) is 1.74. The highest BCUT2D eigenvalue weighted by Gasteiger charge is 2.77. The van der Waals surface area contributed by atoms with Crippen LogP contribution in [0.15, 0.2) is 39.3 Å². The van der Waals surface area contributed by atoms with Crippen molar-refractivity contribution in [3.63, 3.8) is 0 Å². The van der Waals surface area contributed by atoms with E-state index in [0.29, 0.717) is 18.4 Å². The lowest BCUT2D eigenvalue weighted by Crippen LogP contribution is -2.65. The van der Waals surface area contributed by atoms with Gasteiger partial charge < -0.3 is 24.1 Å². The van der Waals surface area contributed by atoms with Crippen molar-refractivity contribution in [1.29, 1.82) is 0 Å². The van der Waals surface area contributed by atoms with Gasteiger partial charge in [0.15, 0.2) is 0 Å². The quantitative estimate of drug-likeness (QED) is 0.349. The van der Waals surface area contributed by atoms with Crippen LogP contribution >= 0.6 is 23.2 Å². The Balaban J connectivity index is 1.47. The molecule has 4 aliphatic carbocycles. The van der Waals surface area contributed by atoms with E-state index in [-0.39, 0.29) is 48.6 Å². The average Bonchev–Trinajstić information content (AvgIpc) is 3.54. The third-order valence-electron chi connectivity index (χ3n) is 10.7. The first kappa shape index (κ1) is 24.4. The molecule has 0 bridgehead atoms. The molecule has 1 aromatic rings. The molecule has 0 unspecified atom stereocenters. The van der Waals surface area contributed by atoms with Crippen LogP contribution in [0.1, 0.15) is 57.9 Å². The van der Waals surface area contributed by atoms with Gasteiger partial charge in [-0.2, -0.15) is 0 Å². The number of aliphatic hydroxyl groups is 2. The maximum atomic E-state index is 12.5. The molecule has 192 valence electrons. The molecule has 4 fully saturated rings. The molecular weight excluding hydrogens is 491 g/mol. The Labute approximate surface area is 215 Å². The summed E-state index contributed by atoms with van der Waals surface area (Å²) in [5.74, 6) is -0.330. The Kier molecular flexibility index (Phi) is 5.14. The Morgan fingerprint density at radius 2 is 1.97 bits per heavy atom. The number of fused-ring (bicyclic) bond motifs is 7. The highest BCUT2D eigenvalue weighted by Crippen LogP contribution is 2.75. The highest BCUT2D eigenvalue weighted by molar-refractivity contribution is 6.49. The van der Waals surface area contributed by atoms with E-state index in [4.69, 9.17) is 37.1 Å². The zero-order valence-electron chi connectivity index (χ0n) is 20.6. The summed E-state index contributed by atoms with van der Waals surface area (Å²) in [6, 6.07) is 3.08. The summed E-state index contributed by atoms with van der Waals surface area (Å²) >= 11 is 14.0. The minimum atomic E-state index is -1.26. The summed E-state index contributed by atoms with van der Waals surface area (Å²) in [4.78, 5) is 11.6. The normalized spacial score (nSPS) is 48.7. The van der Waals surface area contributed by atoms with E-state index in [1.54, 1.807) is 13.2 Å². The van der Waals surface area contributed by atoms with Crippen LogP contribution in [0, 0.1) is 28.1 Å². The number of rotatable bonds is 3. The number of alkyl halides is 2. The van der Waals surface area contributed by atoms with Crippen molar-refractivity contribution in [3.05, 3.63) is 46.0 Å². The zero-order chi connectivity index (χ0) is 25.2. The van der Waals surface area contributed by atoms with Gasteiger partial charge in [0.25, 0.3) is 0 Å². The van der Waals surface area contributed by atoms with E-state index in [1.807, 2.05) is 6.92 Å². The van der Waals surface area contributed by atoms with Crippen molar-refractivity contribution in [1.82, 2.24) is 0 Å². The van der Waals surface area contributed by atoms with Crippen LogP contribution in [-0.2, 0) is 9.47 Å². The number of hydrogen-bond acceptors (Lipinski definition) is 6. The van der Waals surface area contributed by atoms with Crippen LogP contribution in [0.25, 0.3) is 0 Å². The van der Waals surface area contributed by atoms with Gasteiger partial charge in [-0.1, -0.05) is 26.8 Å². The Hall–Kier alpha value is -0.890. The Morgan fingerprint density at radius 3 is 2.60 bits per heavy atom. The molecule has 35 heavy (non-hydrogen) atoms. The van der Waals surface area contributed by atoms with Gasteiger partial charge in [-0.05, 0) is 53.7 Å². The molecule has 1 aliphatic heterocycles. The summed E-state index contributed by atoms with van der Waals surface area (Å²) < 4.78 is 16.1. The highest BCUT2D eigenvalue weighted by atomic mass is 35.5. The zero-order valence-corrected chi connectivity index (χ0v) is 22.1. The van der Waals surface area contributed by atoms with E-state index in [0.717, 1.165) is 12.0 Å². The van der Waals surface area contributed by atoms with Gasteiger partial charge >= 0.3 is 5.63 Å². The maximum Gasteiger partial charge on any atom is 0.335 e. The van der Waals surface area contributed by atoms with Crippen LogP contribution in [0.3, 0.4) is 0 Å². The second kappa shape index (κ2) is 7.36. The van der Waals surface area contributed by atoms with Crippen LogP contribution in [0.5, 0.6) is 0 Å². The van der Waals surface area contributed by atoms with Gasteiger partial charge in [-0.3, -0.25) is 0 Å². The number of halogens is 2. The fraction of sp³-hybridized carbons (Fsp3) is 0.741. The first-order chi connectivity index (χ1) is 16.4. The molecule has 0 amide bonds. The van der Waals surface area contributed by atoms with Crippen molar-refractivity contribution in [2.45, 2.75) is 80.6 Å².